The number of para-hydroxylation sites is 4. The highest BCUT2D eigenvalue weighted by Crippen LogP contribution is 2.38. The fourth-order valence-corrected chi connectivity index (χ4v) is 6.96. The van der Waals surface area contributed by atoms with E-state index in [9.17, 15) is 15.2 Å². The Morgan fingerprint density at radius 3 is 1.13 bits per heavy atom. The average Bonchev–Trinajstić information content (AvgIpc) is 3.65. The molecule has 0 aliphatic heterocycles. The molecule has 0 aliphatic rings. The van der Waals surface area contributed by atoms with E-state index in [-0.39, 0.29) is 5.57 Å². The smallest absolute Gasteiger partial charge is 0.346 e. The SMILES string of the molecule is N#C/C(=C\c1ccc(C=C(c2ccc(N(c3ccccc3)c3ccccc3)cc2)c2ccc(N(c3ccccc3)c3ccccc3)cc2)s1)C(=O)O. The first-order chi connectivity index (χ1) is 25.6. The van der Waals surface area contributed by atoms with Crippen molar-refractivity contribution in [2.75, 3.05) is 9.80 Å². The number of carboxylic acid groups (broad SMARTS) is 1. The van der Waals surface area contributed by atoms with Crippen LogP contribution in [0.25, 0.3) is 17.7 Å². The fourth-order valence-electron chi connectivity index (χ4n) is 6.07. The highest BCUT2D eigenvalue weighted by molar-refractivity contribution is 7.13. The van der Waals surface area contributed by atoms with E-state index in [1.807, 2.05) is 84.9 Å². The van der Waals surface area contributed by atoms with Crippen LogP contribution in [0.3, 0.4) is 0 Å². The summed E-state index contributed by atoms with van der Waals surface area (Å²) in [6.45, 7) is 0. The Balaban J connectivity index is 1.30. The Kier molecular flexibility index (Phi) is 10.2. The second-order valence-corrected chi connectivity index (χ2v) is 13.0. The molecular weight excluding hydrogens is 659 g/mol. The monoisotopic (exact) mass is 691 g/mol. The van der Waals surface area contributed by atoms with Gasteiger partial charge in [-0.2, -0.15) is 5.26 Å². The number of nitrogens with zero attached hydrogens (tertiary/aromatic N) is 3. The molecule has 1 aromatic heterocycles. The number of thiophene rings is 1. The van der Waals surface area contributed by atoms with Gasteiger partial charge in [-0.25, -0.2) is 4.79 Å². The Morgan fingerprint density at radius 1 is 0.481 bits per heavy atom. The number of anilines is 6. The lowest BCUT2D eigenvalue weighted by molar-refractivity contribution is -0.132. The molecule has 0 fully saturated rings. The van der Waals surface area contributed by atoms with E-state index < -0.39 is 5.97 Å². The van der Waals surface area contributed by atoms with Crippen LogP contribution in [-0.4, -0.2) is 11.1 Å². The minimum Gasteiger partial charge on any atom is -0.477 e. The lowest BCUT2D eigenvalue weighted by Gasteiger charge is -2.26. The summed E-state index contributed by atoms with van der Waals surface area (Å²) in [6, 6.07) is 63.9. The van der Waals surface area contributed by atoms with Crippen LogP contribution in [0.1, 0.15) is 20.9 Å². The molecule has 5 nitrogen and oxygen atoms in total. The quantitative estimate of drug-likeness (QED) is 0.108. The van der Waals surface area contributed by atoms with Crippen LogP contribution < -0.4 is 9.80 Å². The third kappa shape index (κ3) is 7.61. The van der Waals surface area contributed by atoms with Crippen LogP contribution >= 0.6 is 11.3 Å². The summed E-state index contributed by atoms with van der Waals surface area (Å²) in [7, 11) is 0. The van der Waals surface area contributed by atoms with E-state index in [4.69, 9.17) is 0 Å². The highest BCUT2D eigenvalue weighted by Gasteiger charge is 2.16. The summed E-state index contributed by atoms with van der Waals surface area (Å²) in [4.78, 5) is 17.6. The highest BCUT2D eigenvalue weighted by atomic mass is 32.1. The molecule has 0 amide bonds. The number of rotatable bonds is 11. The van der Waals surface area contributed by atoms with Crippen molar-refractivity contribution in [3.8, 4) is 6.07 Å². The van der Waals surface area contributed by atoms with Crippen molar-refractivity contribution in [2.24, 2.45) is 0 Å². The third-order valence-corrected chi connectivity index (χ3v) is 9.48. The topological polar surface area (TPSA) is 67.6 Å². The molecule has 1 N–H and O–H groups in total. The minimum absolute atomic E-state index is 0.299. The number of carboxylic acids is 1. The molecule has 6 heteroatoms. The van der Waals surface area contributed by atoms with Gasteiger partial charge < -0.3 is 14.9 Å². The molecule has 250 valence electrons. The van der Waals surface area contributed by atoms with Crippen molar-refractivity contribution in [1.82, 2.24) is 0 Å². The number of aliphatic carboxylic acids is 1. The Morgan fingerprint density at radius 2 is 0.808 bits per heavy atom. The summed E-state index contributed by atoms with van der Waals surface area (Å²) >= 11 is 1.43. The van der Waals surface area contributed by atoms with Crippen molar-refractivity contribution < 1.29 is 9.90 Å². The zero-order valence-corrected chi connectivity index (χ0v) is 28.9. The van der Waals surface area contributed by atoms with Crippen molar-refractivity contribution in [1.29, 1.82) is 5.26 Å². The van der Waals surface area contributed by atoms with Gasteiger partial charge in [0, 0.05) is 43.9 Å². The first kappa shape index (κ1) is 33.6. The van der Waals surface area contributed by atoms with E-state index in [1.54, 1.807) is 6.07 Å². The first-order valence-electron chi connectivity index (χ1n) is 16.8. The summed E-state index contributed by atoms with van der Waals surface area (Å²) in [5.41, 5.74) is 9.05. The Labute approximate surface area is 307 Å². The Hall–Kier alpha value is -6.94. The van der Waals surface area contributed by atoms with Gasteiger partial charge >= 0.3 is 5.97 Å². The second-order valence-electron chi connectivity index (χ2n) is 11.9. The fraction of sp³-hybridized carbons (Fsp3) is 0. The molecule has 0 atom stereocenters. The number of hydrogen-bond donors (Lipinski definition) is 1. The van der Waals surface area contributed by atoms with Crippen molar-refractivity contribution in [3.63, 3.8) is 0 Å². The van der Waals surface area contributed by atoms with Gasteiger partial charge in [0.15, 0.2) is 0 Å². The molecule has 52 heavy (non-hydrogen) atoms. The van der Waals surface area contributed by atoms with Gasteiger partial charge in [0.2, 0.25) is 0 Å². The van der Waals surface area contributed by atoms with Crippen LogP contribution in [0, 0.1) is 11.3 Å². The molecule has 0 spiro atoms. The van der Waals surface area contributed by atoms with E-state index in [0.717, 1.165) is 55.7 Å². The molecular formula is C46H33N3O2S. The van der Waals surface area contributed by atoms with Crippen LogP contribution in [0.5, 0.6) is 0 Å². The summed E-state index contributed by atoms with van der Waals surface area (Å²) in [5.74, 6) is -1.24. The van der Waals surface area contributed by atoms with Gasteiger partial charge in [0.1, 0.15) is 11.6 Å². The Bertz CT molecular complexity index is 2160. The first-order valence-corrected chi connectivity index (χ1v) is 17.6. The maximum Gasteiger partial charge on any atom is 0.346 e. The summed E-state index contributed by atoms with van der Waals surface area (Å²) in [6.07, 6.45) is 3.54. The minimum atomic E-state index is -1.24. The van der Waals surface area contributed by atoms with Crippen LogP contribution in [-0.2, 0) is 4.79 Å². The maximum atomic E-state index is 11.5. The van der Waals surface area contributed by atoms with E-state index in [0.29, 0.717) is 4.88 Å². The summed E-state index contributed by atoms with van der Waals surface area (Å²) < 4.78 is 0. The third-order valence-electron chi connectivity index (χ3n) is 8.50. The molecule has 0 saturated heterocycles. The van der Waals surface area contributed by atoms with Crippen LogP contribution in [0.4, 0.5) is 34.1 Å². The molecule has 7 aromatic rings. The van der Waals surface area contributed by atoms with E-state index in [2.05, 4.69) is 113 Å². The van der Waals surface area contributed by atoms with Gasteiger partial charge in [-0.3, -0.25) is 0 Å². The van der Waals surface area contributed by atoms with Crippen molar-refractivity contribution in [3.05, 3.63) is 208 Å². The lowest BCUT2D eigenvalue weighted by atomic mass is 9.96. The zero-order valence-electron chi connectivity index (χ0n) is 28.1. The van der Waals surface area contributed by atoms with Gasteiger partial charge in [-0.05, 0) is 114 Å². The number of carbonyl (C=O) groups is 1. The molecule has 0 saturated carbocycles. The molecule has 1 heterocycles. The molecule has 7 rings (SSSR count). The van der Waals surface area contributed by atoms with E-state index >= 15 is 0 Å². The number of nitriles is 1. The van der Waals surface area contributed by atoms with E-state index in [1.165, 1.54) is 17.4 Å². The number of benzene rings is 6. The molecule has 0 unspecified atom stereocenters. The zero-order chi connectivity index (χ0) is 35.7. The molecule has 0 aliphatic carbocycles. The van der Waals surface area contributed by atoms with Gasteiger partial charge in [-0.1, -0.05) is 97.1 Å². The largest absolute Gasteiger partial charge is 0.477 e. The lowest BCUT2D eigenvalue weighted by Crippen LogP contribution is -2.10. The molecule has 6 aromatic carbocycles. The summed E-state index contributed by atoms with van der Waals surface area (Å²) in [5, 5.41) is 18.7. The predicted octanol–water partition coefficient (Wildman–Crippen LogP) is 12.3. The standard InChI is InChI=1S/C46H33N3O2S/c47-33-36(46(50)51)31-43-29-30-44(52-43)32-45(34-21-25-41(26-22-34)48(37-13-5-1-6-14-37)38-15-7-2-8-16-38)35-23-27-42(28-24-35)49(39-17-9-3-10-18-39)40-19-11-4-12-20-40/h1-32H,(H,50,51)/b36-31+. The van der Waals surface area contributed by atoms with Gasteiger partial charge in [-0.15, -0.1) is 11.3 Å². The maximum absolute atomic E-state index is 11.5. The normalized spacial score (nSPS) is 10.9. The van der Waals surface area contributed by atoms with Gasteiger partial charge in [0.25, 0.3) is 0 Å². The van der Waals surface area contributed by atoms with Gasteiger partial charge in [0.05, 0.1) is 0 Å². The number of hydrogen-bond acceptors (Lipinski definition) is 5. The van der Waals surface area contributed by atoms with Crippen LogP contribution in [0.2, 0.25) is 0 Å². The van der Waals surface area contributed by atoms with Crippen LogP contribution in [0.15, 0.2) is 188 Å². The molecule has 0 radical (unpaired) electrons. The molecule has 0 bridgehead atoms. The average molecular weight is 692 g/mol. The predicted molar refractivity (Wildman–Crippen MR) is 215 cm³/mol. The van der Waals surface area contributed by atoms with Crippen molar-refractivity contribution in [2.45, 2.75) is 0 Å². The second kappa shape index (κ2) is 15.7. The van der Waals surface area contributed by atoms with Crippen molar-refractivity contribution >= 4 is 69.2 Å².